The van der Waals surface area contributed by atoms with Crippen molar-refractivity contribution in [2.75, 3.05) is 20.3 Å². The minimum Gasteiger partial charge on any atom is -0.478 e. The molecule has 0 saturated carbocycles. The maximum atomic E-state index is 12.6. The van der Waals surface area contributed by atoms with Crippen molar-refractivity contribution in [1.29, 1.82) is 0 Å². The van der Waals surface area contributed by atoms with Crippen molar-refractivity contribution in [3.63, 3.8) is 0 Å². The van der Waals surface area contributed by atoms with E-state index in [0.29, 0.717) is 12.2 Å². The van der Waals surface area contributed by atoms with Crippen LogP contribution in [0, 0.1) is 24.0 Å². The Balaban J connectivity index is 2.19. The van der Waals surface area contributed by atoms with Gasteiger partial charge in [0.1, 0.15) is 0 Å². The third-order valence-corrected chi connectivity index (χ3v) is 4.34. The van der Waals surface area contributed by atoms with E-state index in [1.165, 1.54) is 18.2 Å². The first-order chi connectivity index (χ1) is 12.3. The number of Topliss-reactive ketones (excluding diaryl/α,β-unsaturated/α-hetero) is 1. The number of nitrogens with zero attached hydrogens (tertiary/aromatic N) is 2. The van der Waals surface area contributed by atoms with Crippen molar-refractivity contribution in [3.05, 3.63) is 56.4 Å². The molecule has 0 aliphatic carbocycles. The second kappa shape index (κ2) is 8.33. The minimum absolute atomic E-state index is 0.00862. The Morgan fingerprint density at radius 1 is 1.35 bits per heavy atom. The van der Waals surface area contributed by atoms with Crippen LogP contribution < -0.4 is 4.74 Å². The van der Waals surface area contributed by atoms with Gasteiger partial charge >= 0.3 is 5.69 Å². The molecule has 0 amide bonds. The van der Waals surface area contributed by atoms with Gasteiger partial charge in [-0.2, -0.15) is 0 Å². The molecule has 0 fully saturated rings. The summed E-state index contributed by atoms with van der Waals surface area (Å²) in [6, 6.07) is 5.94. The van der Waals surface area contributed by atoms with E-state index in [-0.39, 0.29) is 34.9 Å². The molecular formula is C18H21ClN2O5. The normalized spacial score (nSPS) is 12.0. The van der Waals surface area contributed by atoms with Crippen LogP contribution >= 0.6 is 11.6 Å². The van der Waals surface area contributed by atoms with Crippen LogP contribution in [0.25, 0.3) is 0 Å². The highest BCUT2D eigenvalue weighted by molar-refractivity contribution is 6.30. The number of nitro groups is 1. The second-order valence-corrected chi connectivity index (χ2v) is 6.48. The van der Waals surface area contributed by atoms with E-state index in [9.17, 15) is 14.9 Å². The van der Waals surface area contributed by atoms with Gasteiger partial charge in [-0.25, -0.2) is 0 Å². The van der Waals surface area contributed by atoms with Crippen LogP contribution in [0.15, 0.2) is 24.3 Å². The van der Waals surface area contributed by atoms with Crippen molar-refractivity contribution in [1.82, 2.24) is 4.57 Å². The fraction of sp³-hybridized carbons (Fsp3) is 0.389. The van der Waals surface area contributed by atoms with Crippen molar-refractivity contribution >= 4 is 23.1 Å². The Kier molecular flexibility index (Phi) is 6.39. The first-order valence-electron chi connectivity index (χ1n) is 8.03. The Hall–Kier alpha value is -2.38. The van der Waals surface area contributed by atoms with Crippen molar-refractivity contribution in [3.8, 4) is 5.75 Å². The lowest BCUT2D eigenvalue weighted by Crippen LogP contribution is -2.16. The standard InChI is InChI=1S/C18H21ClN2O5/c1-11-7-15(13(3)20(11)12(2)9-25-4)17(22)10-26-18-6-5-14(19)8-16(18)21(23)24/h5-8,12H,9-10H2,1-4H3/t12-/m0/s1. The molecule has 1 atom stereocenters. The average molecular weight is 381 g/mol. The fourth-order valence-corrected chi connectivity index (χ4v) is 3.20. The molecular weight excluding hydrogens is 360 g/mol. The molecule has 1 aromatic heterocycles. The molecule has 8 heteroatoms. The zero-order valence-corrected chi connectivity index (χ0v) is 15.9. The number of aryl methyl sites for hydroxylation is 1. The van der Waals surface area contributed by atoms with Crippen molar-refractivity contribution < 1.29 is 19.2 Å². The van der Waals surface area contributed by atoms with E-state index in [1.807, 2.05) is 25.3 Å². The number of rotatable bonds is 8. The third kappa shape index (κ3) is 4.23. The molecule has 0 aliphatic rings. The summed E-state index contributed by atoms with van der Waals surface area (Å²) in [7, 11) is 1.63. The van der Waals surface area contributed by atoms with Crippen LogP contribution in [-0.2, 0) is 4.74 Å². The first-order valence-corrected chi connectivity index (χ1v) is 8.41. The molecule has 26 heavy (non-hydrogen) atoms. The first kappa shape index (κ1) is 19.9. The van der Waals surface area contributed by atoms with Gasteiger partial charge in [-0.3, -0.25) is 14.9 Å². The lowest BCUT2D eigenvalue weighted by Gasteiger charge is -2.17. The Labute approximate surface area is 156 Å². The Morgan fingerprint density at radius 2 is 2.04 bits per heavy atom. The van der Waals surface area contributed by atoms with Crippen LogP contribution in [-0.4, -0.2) is 35.6 Å². The second-order valence-electron chi connectivity index (χ2n) is 6.04. The Morgan fingerprint density at radius 3 is 2.65 bits per heavy atom. The van der Waals surface area contributed by atoms with Gasteiger partial charge < -0.3 is 14.0 Å². The maximum absolute atomic E-state index is 12.6. The summed E-state index contributed by atoms with van der Waals surface area (Å²) in [5.41, 5.74) is 2.01. The molecule has 0 saturated heterocycles. The van der Waals surface area contributed by atoms with Crippen molar-refractivity contribution in [2.24, 2.45) is 0 Å². The molecule has 0 spiro atoms. The van der Waals surface area contributed by atoms with Crippen molar-refractivity contribution in [2.45, 2.75) is 26.8 Å². The molecule has 7 nitrogen and oxygen atoms in total. The molecule has 2 rings (SSSR count). The van der Waals surface area contributed by atoms with E-state index in [1.54, 1.807) is 13.2 Å². The predicted octanol–water partition coefficient (Wildman–Crippen LogP) is 4.14. The van der Waals surface area contributed by atoms with Gasteiger partial charge in [0, 0.05) is 35.2 Å². The molecule has 140 valence electrons. The van der Waals surface area contributed by atoms with E-state index < -0.39 is 4.92 Å². The van der Waals surface area contributed by atoms with Crippen LogP contribution in [0.5, 0.6) is 5.75 Å². The summed E-state index contributed by atoms with van der Waals surface area (Å²) in [4.78, 5) is 23.1. The number of hydrogen-bond donors (Lipinski definition) is 0. The quantitative estimate of drug-likeness (QED) is 0.390. The van der Waals surface area contributed by atoms with Gasteiger partial charge in [-0.1, -0.05) is 11.6 Å². The number of ketones is 1. The number of halogens is 1. The number of hydrogen-bond acceptors (Lipinski definition) is 5. The van der Waals surface area contributed by atoms with Crippen LogP contribution in [0.3, 0.4) is 0 Å². The summed E-state index contributed by atoms with van der Waals surface area (Å²) in [6.07, 6.45) is 0. The lowest BCUT2D eigenvalue weighted by atomic mass is 10.1. The smallest absolute Gasteiger partial charge is 0.312 e. The zero-order valence-electron chi connectivity index (χ0n) is 15.1. The zero-order chi connectivity index (χ0) is 19.4. The molecule has 0 bridgehead atoms. The fourth-order valence-electron chi connectivity index (χ4n) is 3.03. The molecule has 0 N–H and O–H groups in total. The van der Waals surface area contributed by atoms with Crippen LogP contribution in [0.1, 0.15) is 34.7 Å². The number of carbonyl (C=O) groups is 1. The molecule has 1 heterocycles. The summed E-state index contributed by atoms with van der Waals surface area (Å²) < 4.78 is 12.6. The molecule has 0 unspecified atom stereocenters. The van der Waals surface area contributed by atoms with Gasteiger partial charge in [0.15, 0.2) is 12.4 Å². The molecule has 2 aromatic rings. The predicted molar refractivity (Wildman–Crippen MR) is 98.4 cm³/mol. The molecule has 0 aliphatic heterocycles. The summed E-state index contributed by atoms with van der Waals surface area (Å²) in [5, 5.41) is 11.3. The van der Waals surface area contributed by atoms with Crippen LogP contribution in [0.2, 0.25) is 5.02 Å². The van der Waals surface area contributed by atoms with Gasteiger partial charge in [-0.15, -0.1) is 0 Å². The van der Waals surface area contributed by atoms with E-state index in [0.717, 1.165) is 11.4 Å². The monoisotopic (exact) mass is 380 g/mol. The SMILES string of the molecule is COC[C@H](C)n1c(C)cc(C(=O)COc2ccc(Cl)cc2[N+](=O)[O-])c1C. The third-order valence-electron chi connectivity index (χ3n) is 4.11. The van der Waals surface area contributed by atoms with E-state index in [4.69, 9.17) is 21.1 Å². The summed E-state index contributed by atoms with van der Waals surface area (Å²) in [5.74, 6) is -0.243. The number of methoxy groups -OCH3 is 1. The molecule has 1 aromatic carbocycles. The topological polar surface area (TPSA) is 83.6 Å². The largest absolute Gasteiger partial charge is 0.478 e. The number of aromatic nitrogens is 1. The average Bonchev–Trinajstić information content (AvgIpc) is 2.88. The highest BCUT2D eigenvalue weighted by Crippen LogP contribution is 2.30. The van der Waals surface area contributed by atoms with Gasteiger partial charge in [0.2, 0.25) is 5.78 Å². The summed E-state index contributed by atoms with van der Waals surface area (Å²) >= 11 is 5.78. The summed E-state index contributed by atoms with van der Waals surface area (Å²) in [6.45, 7) is 6.01. The highest BCUT2D eigenvalue weighted by Gasteiger charge is 2.21. The maximum Gasteiger partial charge on any atom is 0.312 e. The number of carbonyl (C=O) groups excluding carboxylic acids is 1. The van der Waals surface area contributed by atoms with Gasteiger partial charge in [0.05, 0.1) is 17.6 Å². The number of benzene rings is 1. The number of nitro benzene ring substituents is 1. The minimum atomic E-state index is -0.593. The Bertz CT molecular complexity index is 831. The highest BCUT2D eigenvalue weighted by atomic mass is 35.5. The van der Waals surface area contributed by atoms with Gasteiger partial charge in [-0.05, 0) is 39.0 Å². The van der Waals surface area contributed by atoms with Gasteiger partial charge in [0.25, 0.3) is 0 Å². The van der Waals surface area contributed by atoms with E-state index >= 15 is 0 Å². The number of ether oxygens (including phenoxy) is 2. The van der Waals surface area contributed by atoms with E-state index in [2.05, 4.69) is 0 Å². The van der Waals surface area contributed by atoms with Crippen LogP contribution in [0.4, 0.5) is 5.69 Å². The lowest BCUT2D eigenvalue weighted by molar-refractivity contribution is -0.385. The molecule has 0 radical (unpaired) electrons.